The number of fused-ring (bicyclic) bond motifs is 3. The van der Waals surface area contributed by atoms with Crippen LogP contribution >= 0.6 is 0 Å². The molecule has 0 fully saturated rings. The Balaban J connectivity index is 1.21. The molecule has 1 heterocycles. The minimum Gasteiger partial charge on any atom is -0.292 e. The van der Waals surface area contributed by atoms with Gasteiger partial charge in [-0.25, -0.2) is 4.98 Å². The van der Waals surface area contributed by atoms with E-state index in [1.54, 1.807) is 0 Å². The molecule has 0 radical (unpaired) electrons. The van der Waals surface area contributed by atoms with Crippen molar-refractivity contribution in [1.82, 2.24) is 9.55 Å². The minimum absolute atomic E-state index is 0.925. The molecule has 1 aromatic heterocycles. The van der Waals surface area contributed by atoms with E-state index >= 15 is 0 Å². The molecule has 0 unspecified atom stereocenters. The Kier molecular flexibility index (Phi) is 9.30. The largest absolute Gasteiger partial charge is 0.292 e. The molecule has 55 heavy (non-hydrogen) atoms. The Morgan fingerprint density at radius 1 is 0.582 bits per heavy atom. The Hall–Kier alpha value is -7.03. The van der Waals surface area contributed by atoms with Gasteiger partial charge >= 0.3 is 0 Å². The Morgan fingerprint density at radius 2 is 1.25 bits per heavy atom. The summed E-state index contributed by atoms with van der Waals surface area (Å²) >= 11 is 0. The molecule has 1 aliphatic carbocycles. The van der Waals surface area contributed by atoms with E-state index in [-0.39, 0.29) is 0 Å². The minimum atomic E-state index is 0.925. The first-order chi connectivity index (χ1) is 27.2. The van der Waals surface area contributed by atoms with Gasteiger partial charge in [0.2, 0.25) is 0 Å². The van der Waals surface area contributed by atoms with Gasteiger partial charge in [-0.2, -0.15) is 0 Å². The molecule has 2 heteroatoms. The summed E-state index contributed by atoms with van der Waals surface area (Å²) in [6.45, 7) is 4.60. The molecular formula is C53H40N2. The third kappa shape index (κ3) is 6.94. The fourth-order valence-electron chi connectivity index (χ4n) is 7.65. The highest BCUT2D eigenvalue weighted by atomic mass is 15.1. The lowest BCUT2D eigenvalue weighted by atomic mass is 9.90. The molecule has 7 aromatic carbocycles. The number of hydrogen-bond donors (Lipinski definition) is 0. The zero-order valence-corrected chi connectivity index (χ0v) is 30.6. The topological polar surface area (TPSA) is 17.8 Å². The van der Waals surface area contributed by atoms with E-state index in [0.29, 0.717) is 0 Å². The fraction of sp³-hybridized carbons (Fsp3) is 0.0377. The number of allylic oxidation sites excluding steroid dienone is 3. The van der Waals surface area contributed by atoms with Crippen LogP contribution in [0.15, 0.2) is 201 Å². The number of benzene rings is 6. The van der Waals surface area contributed by atoms with Crippen LogP contribution < -0.4 is 0 Å². The van der Waals surface area contributed by atoms with Crippen molar-refractivity contribution in [2.45, 2.75) is 12.8 Å². The van der Waals surface area contributed by atoms with Gasteiger partial charge in [0, 0.05) is 11.3 Å². The first-order valence-electron chi connectivity index (χ1n) is 19.0. The Morgan fingerprint density at radius 3 is 2.09 bits per heavy atom. The van der Waals surface area contributed by atoms with Gasteiger partial charge in [-0.05, 0) is 104 Å². The van der Waals surface area contributed by atoms with Gasteiger partial charge in [0.15, 0.2) is 0 Å². The molecule has 8 aromatic rings. The van der Waals surface area contributed by atoms with Gasteiger partial charge in [0.25, 0.3) is 0 Å². The van der Waals surface area contributed by atoms with Crippen LogP contribution in [-0.4, -0.2) is 9.55 Å². The summed E-state index contributed by atoms with van der Waals surface area (Å²) in [5.74, 6) is 0.925. The van der Waals surface area contributed by atoms with Gasteiger partial charge in [-0.1, -0.05) is 183 Å². The molecule has 0 saturated carbocycles. The number of nitrogens with zero attached hydrogens (tertiary/aromatic N) is 2. The van der Waals surface area contributed by atoms with Crippen LogP contribution in [0.1, 0.15) is 28.7 Å². The van der Waals surface area contributed by atoms with E-state index in [4.69, 9.17) is 4.98 Å². The summed E-state index contributed by atoms with van der Waals surface area (Å²) in [6, 6.07) is 64.8. The molecule has 0 atom stereocenters. The van der Waals surface area contributed by atoms with Crippen molar-refractivity contribution >= 4 is 39.5 Å². The highest BCUT2D eigenvalue weighted by Gasteiger charge is 2.15. The summed E-state index contributed by atoms with van der Waals surface area (Å²) in [5.41, 5.74) is 14.8. The number of aromatic nitrogens is 2. The predicted octanol–water partition coefficient (Wildman–Crippen LogP) is 14.0. The smallest absolute Gasteiger partial charge is 0.145 e. The van der Waals surface area contributed by atoms with Crippen LogP contribution in [0.2, 0.25) is 0 Å². The van der Waals surface area contributed by atoms with E-state index in [9.17, 15) is 0 Å². The lowest BCUT2D eigenvalue weighted by molar-refractivity contribution is 0.986. The monoisotopic (exact) mass is 704 g/mol. The van der Waals surface area contributed by atoms with Crippen LogP contribution in [0.3, 0.4) is 0 Å². The van der Waals surface area contributed by atoms with Crippen molar-refractivity contribution in [3.05, 3.63) is 223 Å². The molecule has 1 aliphatic rings. The van der Waals surface area contributed by atoms with Crippen molar-refractivity contribution in [2.75, 3.05) is 0 Å². The maximum Gasteiger partial charge on any atom is 0.145 e. The lowest BCUT2D eigenvalue weighted by Crippen LogP contribution is -1.97. The second-order valence-corrected chi connectivity index (χ2v) is 14.0. The number of imidazole rings is 1. The van der Waals surface area contributed by atoms with Crippen molar-refractivity contribution in [1.29, 1.82) is 0 Å². The standard InChI is InChI=1S/C53H40N2/c1-38(26-27-39-16-6-4-7-17-39)47-22-10-2-3-11-23-48(45-33-30-40-18-12-13-19-43(40)36-45)50-37-44(34-35-49(47)50)41-28-31-42(32-29-41)53-54-51-24-14-15-25-52(51)55(53)46-20-8-5-9-21-46/h2-12,14-18,20-37H,1,13,19H2/b3-2?,10-2?,11-3?,22-10?,23-11?,27-26-,47-22?,48-23?,49-47?,50-48?. The van der Waals surface area contributed by atoms with Gasteiger partial charge in [-0.15, -0.1) is 0 Å². The number of rotatable bonds is 7. The highest BCUT2D eigenvalue weighted by Crippen LogP contribution is 2.37. The average molecular weight is 705 g/mol. The van der Waals surface area contributed by atoms with Crippen molar-refractivity contribution < 1.29 is 0 Å². The molecule has 2 nitrogen and oxygen atoms in total. The number of hydrogen-bond acceptors (Lipinski definition) is 1. The summed E-state index contributed by atoms with van der Waals surface area (Å²) in [5, 5.41) is 2.31. The Labute approximate surface area is 323 Å². The van der Waals surface area contributed by atoms with Crippen molar-refractivity contribution in [2.24, 2.45) is 0 Å². The molecule has 0 aliphatic heterocycles. The van der Waals surface area contributed by atoms with Crippen LogP contribution in [0.25, 0.3) is 78.9 Å². The van der Waals surface area contributed by atoms with Crippen LogP contribution in [0, 0.1) is 0 Å². The van der Waals surface area contributed by atoms with Crippen LogP contribution in [0.5, 0.6) is 0 Å². The van der Waals surface area contributed by atoms with E-state index < -0.39 is 0 Å². The zero-order valence-electron chi connectivity index (χ0n) is 30.6. The molecule has 262 valence electrons. The lowest BCUT2D eigenvalue weighted by Gasteiger charge is -2.15. The van der Waals surface area contributed by atoms with E-state index in [1.807, 2.05) is 12.1 Å². The third-order valence-electron chi connectivity index (χ3n) is 10.5. The second-order valence-electron chi connectivity index (χ2n) is 14.0. The first kappa shape index (κ1) is 33.8. The average Bonchev–Trinajstić information content (AvgIpc) is 3.64. The number of para-hydroxylation sites is 3. The van der Waals surface area contributed by atoms with E-state index in [2.05, 4.69) is 205 Å². The maximum atomic E-state index is 5.11. The van der Waals surface area contributed by atoms with Gasteiger partial charge < -0.3 is 0 Å². The normalized spacial score (nSPS) is 12.1. The SMILES string of the molecule is C=C(/C=C\c1ccccc1)c1ccccccc(-c2ccc3c(c2)CCC=C3)c2cc(-c3ccc(-c4nc5ccccc5n4-c4ccccc4)cc3)ccc12. The summed E-state index contributed by atoms with van der Waals surface area (Å²) in [4.78, 5) is 5.11. The highest BCUT2D eigenvalue weighted by molar-refractivity contribution is 6.04. The molecule has 0 spiro atoms. The maximum absolute atomic E-state index is 5.11. The summed E-state index contributed by atoms with van der Waals surface area (Å²) < 4.78 is 2.25. The second kappa shape index (κ2) is 15.1. The summed E-state index contributed by atoms with van der Waals surface area (Å²) in [6.07, 6.45) is 10.9. The fourth-order valence-corrected chi connectivity index (χ4v) is 7.65. The molecule has 0 amide bonds. The summed E-state index contributed by atoms with van der Waals surface area (Å²) in [7, 11) is 0. The van der Waals surface area contributed by atoms with Gasteiger partial charge in [0.05, 0.1) is 11.0 Å². The Bertz CT molecular complexity index is 2800. The van der Waals surface area contributed by atoms with E-state index in [0.717, 1.165) is 74.2 Å². The predicted molar refractivity (Wildman–Crippen MR) is 234 cm³/mol. The molecule has 0 saturated heterocycles. The van der Waals surface area contributed by atoms with E-state index in [1.165, 1.54) is 27.6 Å². The zero-order chi connectivity index (χ0) is 37.0. The quantitative estimate of drug-likeness (QED) is 0.151. The van der Waals surface area contributed by atoms with Gasteiger partial charge in [0.1, 0.15) is 5.82 Å². The molecule has 0 bridgehead atoms. The molecular weight excluding hydrogens is 665 g/mol. The molecule has 0 N–H and O–H groups in total. The van der Waals surface area contributed by atoms with Crippen LogP contribution in [-0.2, 0) is 6.42 Å². The first-order valence-corrected chi connectivity index (χ1v) is 19.0. The molecule has 9 rings (SSSR count). The third-order valence-corrected chi connectivity index (χ3v) is 10.5. The number of aryl methyl sites for hydroxylation is 1. The van der Waals surface area contributed by atoms with Gasteiger partial charge in [-0.3, -0.25) is 4.57 Å². The van der Waals surface area contributed by atoms with Crippen molar-refractivity contribution in [3.8, 4) is 39.3 Å². The van der Waals surface area contributed by atoms with Crippen molar-refractivity contribution in [3.63, 3.8) is 0 Å². The van der Waals surface area contributed by atoms with Crippen LogP contribution in [0.4, 0.5) is 0 Å².